The summed E-state index contributed by atoms with van der Waals surface area (Å²) in [5.74, 6) is 1.62. The van der Waals surface area contributed by atoms with E-state index in [0.29, 0.717) is 21.4 Å². The first-order chi connectivity index (χ1) is 9.56. The third kappa shape index (κ3) is 2.52. The molecule has 2 unspecified atom stereocenters. The number of imidazole rings is 1. The Hall–Kier alpha value is -0.850. The lowest BCUT2D eigenvalue weighted by Gasteiger charge is -2.29. The molecule has 20 heavy (non-hydrogen) atoms. The largest absolute Gasteiger partial charge is 0.369 e. The van der Waals surface area contributed by atoms with Crippen molar-refractivity contribution in [2.24, 2.45) is 11.8 Å². The van der Waals surface area contributed by atoms with Crippen LogP contribution in [-0.2, 0) is 6.54 Å². The van der Waals surface area contributed by atoms with Crippen molar-refractivity contribution in [3.05, 3.63) is 21.5 Å². The minimum atomic E-state index is -0.198. The Morgan fingerprint density at radius 2 is 2.15 bits per heavy atom. The first kappa shape index (κ1) is 14.1. The Morgan fingerprint density at radius 3 is 2.90 bits per heavy atom. The summed E-state index contributed by atoms with van der Waals surface area (Å²) in [7, 11) is 0. The summed E-state index contributed by atoms with van der Waals surface area (Å²) >= 11 is 1.99. The van der Waals surface area contributed by atoms with E-state index < -0.39 is 0 Å². The van der Waals surface area contributed by atoms with Crippen LogP contribution in [0, 0.1) is 21.2 Å². The van der Waals surface area contributed by atoms with Gasteiger partial charge in [0.25, 0.3) is 0 Å². The molecule has 0 aliphatic heterocycles. The number of rotatable bonds is 2. The van der Waals surface area contributed by atoms with E-state index >= 15 is 0 Å². The summed E-state index contributed by atoms with van der Waals surface area (Å²) in [4.78, 5) is 4.37. The lowest BCUT2D eigenvalue weighted by molar-refractivity contribution is 0.231. The number of nitrogen functional groups attached to an aromatic ring is 1. The van der Waals surface area contributed by atoms with E-state index in [2.05, 4.69) is 11.9 Å². The Morgan fingerprint density at radius 1 is 1.40 bits per heavy atom. The highest BCUT2D eigenvalue weighted by molar-refractivity contribution is 14.1. The van der Waals surface area contributed by atoms with Crippen molar-refractivity contribution >= 4 is 39.6 Å². The monoisotopic (exact) mass is 387 g/mol. The molecule has 1 fully saturated rings. The molecular weight excluding hydrogens is 368 g/mol. The Bertz CT molecular complexity index is 638. The zero-order valence-electron chi connectivity index (χ0n) is 11.6. The van der Waals surface area contributed by atoms with Gasteiger partial charge in [-0.05, 0) is 46.9 Å². The first-order valence-electron chi connectivity index (χ1n) is 7.17. The van der Waals surface area contributed by atoms with Crippen molar-refractivity contribution in [3.63, 3.8) is 0 Å². The van der Waals surface area contributed by atoms with Crippen molar-refractivity contribution in [1.82, 2.24) is 9.55 Å². The van der Waals surface area contributed by atoms with Crippen LogP contribution in [0.1, 0.15) is 32.6 Å². The van der Waals surface area contributed by atoms with Crippen LogP contribution in [0.3, 0.4) is 0 Å². The SMILES string of the molecule is CC1CCCCC1Cn1c(N)nc2cc(I)c(F)cc21. The molecule has 0 saturated heterocycles. The van der Waals surface area contributed by atoms with Gasteiger partial charge in [0.2, 0.25) is 5.95 Å². The molecule has 1 aromatic heterocycles. The number of anilines is 1. The van der Waals surface area contributed by atoms with Crippen molar-refractivity contribution in [2.75, 3.05) is 5.73 Å². The summed E-state index contributed by atoms with van der Waals surface area (Å²) in [6.07, 6.45) is 5.12. The van der Waals surface area contributed by atoms with Gasteiger partial charge in [0.15, 0.2) is 0 Å². The smallest absolute Gasteiger partial charge is 0.201 e. The van der Waals surface area contributed by atoms with Crippen LogP contribution in [0.4, 0.5) is 10.3 Å². The fraction of sp³-hybridized carbons (Fsp3) is 0.533. The number of hydrogen-bond donors (Lipinski definition) is 1. The molecule has 1 aliphatic carbocycles. The van der Waals surface area contributed by atoms with Crippen molar-refractivity contribution in [3.8, 4) is 0 Å². The van der Waals surface area contributed by atoms with Crippen LogP contribution in [0.25, 0.3) is 11.0 Å². The third-order valence-corrected chi connectivity index (χ3v) is 5.35. The van der Waals surface area contributed by atoms with E-state index in [1.807, 2.05) is 27.2 Å². The molecule has 0 radical (unpaired) electrons. The third-order valence-electron chi connectivity index (χ3n) is 4.53. The molecule has 108 valence electrons. The van der Waals surface area contributed by atoms with Gasteiger partial charge in [0.1, 0.15) is 5.82 Å². The number of hydrogen-bond acceptors (Lipinski definition) is 2. The summed E-state index contributed by atoms with van der Waals surface area (Å²) in [5.41, 5.74) is 7.65. The van der Waals surface area contributed by atoms with Gasteiger partial charge in [-0.15, -0.1) is 0 Å². The summed E-state index contributed by atoms with van der Waals surface area (Å²) in [6, 6.07) is 3.33. The van der Waals surface area contributed by atoms with Crippen LogP contribution in [0.2, 0.25) is 0 Å². The maximum absolute atomic E-state index is 13.8. The standard InChI is InChI=1S/C15H19FIN3/c1-9-4-2-3-5-10(9)8-20-14-6-11(16)12(17)7-13(14)19-15(20)18/h6-7,9-10H,2-5,8H2,1H3,(H2,18,19). The van der Waals surface area contributed by atoms with Gasteiger partial charge in [-0.25, -0.2) is 9.37 Å². The highest BCUT2D eigenvalue weighted by Gasteiger charge is 2.23. The molecule has 1 aliphatic rings. The van der Waals surface area contributed by atoms with Crippen LogP contribution in [-0.4, -0.2) is 9.55 Å². The fourth-order valence-electron chi connectivity index (χ4n) is 3.23. The number of nitrogens with zero attached hydrogens (tertiary/aromatic N) is 2. The van der Waals surface area contributed by atoms with Crippen molar-refractivity contribution < 1.29 is 4.39 Å². The maximum Gasteiger partial charge on any atom is 0.201 e. The lowest BCUT2D eigenvalue weighted by atomic mass is 9.80. The Balaban J connectivity index is 1.98. The zero-order valence-corrected chi connectivity index (χ0v) is 13.7. The summed E-state index contributed by atoms with van der Waals surface area (Å²) in [6.45, 7) is 3.16. The molecule has 0 spiro atoms. The first-order valence-corrected chi connectivity index (χ1v) is 8.25. The van der Waals surface area contributed by atoms with Crippen LogP contribution in [0.15, 0.2) is 12.1 Å². The van der Waals surface area contributed by atoms with E-state index in [1.54, 1.807) is 12.1 Å². The zero-order chi connectivity index (χ0) is 14.3. The number of aromatic nitrogens is 2. The minimum Gasteiger partial charge on any atom is -0.369 e. The molecule has 0 amide bonds. The minimum absolute atomic E-state index is 0.198. The summed E-state index contributed by atoms with van der Waals surface area (Å²) in [5, 5.41) is 0. The van der Waals surface area contributed by atoms with Crippen molar-refractivity contribution in [1.29, 1.82) is 0 Å². The van der Waals surface area contributed by atoms with Crippen LogP contribution in [0.5, 0.6) is 0 Å². The molecule has 1 heterocycles. The van der Waals surface area contributed by atoms with Gasteiger partial charge in [-0.2, -0.15) is 0 Å². The predicted molar refractivity (Wildman–Crippen MR) is 87.9 cm³/mol. The van der Waals surface area contributed by atoms with Crippen molar-refractivity contribution in [2.45, 2.75) is 39.2 Å². The molecule has 0 bridgehead atoms. The molecule has 2 aromatic rings. The molecule has 2 atom stereocenters. The Kier molecular flexibility index (Phi) is 3.88. The summed E-state index contributed by atoms with van der Waals surface area (Å²) < 4.78 is 16.4. The quantitative estimate of drug-likeness (QED) is 0.786. The topological polar surface area (TPSA) is 43.8 Å². The molecule has 2 N–H and O–H groups in total. The van der Waals surface area contributed by atoms with Gasteiger partial charge in [0, 0.05) is 12.6 Å². The molecular formula is C15H19FIN3. The highest BCUT2D eigenvalue weighted by Crippen LogP contribution is 2.33. The second-order valence-electron chi connectivity index (χ2n) is 5.86. The molecule has 1 saturated carbocycles. The van der Waals surface area contributed by atoms with E-state index in [4.69, 9.17) is 5.73 Å². The fourth-order valence-corrected chi connectivity index (χ4v) is 3.68. The maximum atomic E-state index is 13.8. The van der Waals surface area contributed by atoms with E-state index in [0.717, 1.165) is 17.6 Å². The second-order valence-corrected chi connectivity index (χ2v) is 7.02. The van der Waals surface area contributed by atoms with Gasteiger partial charge in [-0.3, -0.25) is 0 Å². The van der Waals surface area contributed by atoms with Gasteiger partial charge in [0.05, 0.1) is 14.6 Å². The van der Waals surface area contributed by atoms with Gasteiger partial charge in [-0.1, -0.05) is 26.2 Å². The van der Waals surface area contributed by atoms with Gasteiger partial charge < -0.3 is 10.3 Å². The normalized spacial score (nSPS) is 23.4. The molecule has 1 aromatic carbocycles. The van der Waals surface area contributed by atoms with Crippen LogP contribution >= 0.6 is 22.6 Å². The number of fused-ring (bicyclic) bond motifs is 1. The lowest BCUT2D eigenvalue weighted by Crippen LogP contribution is -2.22. The van der Waals surface area contributed by atoms with Gasteiger partial charge >= 0.3 is 0 Å². The predicted octanol–water partition coefficient (Wildman–Crippen LogP) is 4.19. The number of nitrogens with two attached hydrogens (primary N) is 1. The highest BCUT2D eigenvalue weighted by atomic mass is 127. The van der Waals surface area contributed by atoms with E-state index in [1.165, 1.54) is 25.7 Å². The average molecular weight is 387 g/mol. The number of halogens is 2. The average Bonchev–Trinajstić information content (AvgIpc) is 2.69. The molecule has 5 heteroatoms. The Labute approximate surface area is 131 Å². The van der Waals surface area contributed by atoms with Crippen LogP contribution < -0.4 is 5.73 Å². The van der Waals surface area contributed by atoms with E-state index in [-0.39, 0.29) is 5.82 Å². The molecule has 3 nitrogen and oxygen atoms in total. The molecule has 3 rings (SSSR count). The van der Waals surface area contributed by atoms with E-state index in [9.17, 15) is 4.39 Å². The second kappa shape index (κ2) is 5.50. The number of benzene rings is 1.